The largest absolute Gasteiger partial charge is 0.493 e. The van der Waals surface area contributed by atoms with Gasteiger partial charge in [0.2, 0.25) is 5.75 Å². The smallest absolute Gasteiger partial charge is 0.266 e. The number of amides is 1. The molecule has 0 radical (unpaired) electrons. The lowest BCUT2D eigenvalue weighted by atomic mass is 10.1. The van der Waals surface area contributed by atoms with Crippen LogP contribution in [-0.2, 0) is 10.0 Å². The molecule has 0 spiro atoms. The monoisotopic (exact) mass is 408 g/mol. The predicted octanol–water partition coefficient (Wildman–Crippen LogP) is 1.54. The molecule has 0 heterocycles. The Balaban J connectivity index is 2.20. The van der Waals surface area contributed by atoms with Crippen molar-refractivity contribution in [1.29, 1.82) is 0 Å². The maximum absolute atomic E-state index is 12.4. The minimum atomic E-state index is -4.03. The van der Waals surface area contributed by atoms with Crippen molar-refractivity contribution in [3.8, 4) is 17.2 Å². The first kappa shape index (κ1) is 21.2. The number of sulfonamides is 1. The van der Waals surface area contributed by atoms with E-state index in [2.05, 4.69) is 5.43 Å². The second-order valence-electron chi connectivity index (χ2n) is 5.55. The molecule has 28 heavy (non-hydrogen) atoms. The number of hydrogen-bond donors (Lipinski definition) is 2. The third-order valence-electron chi connectivity index (χ3n) is 3.80. The lowest BCUT2D eigenvalue weighted by Gasteiger charge is -2.14. The van der Waals surface area contributed by atoms with E-state index in [1.165, 1.54) is 64.7 Å². The zero-order chi connectivity index (χ0) is 20.9. The zero-order valence-corrected chi connectivity index (χ0v) is 16.5. The fourth-order valence-corrected chi connectivity index (χ4v) is 3.16. The van der Waals surface area contributed by atoms with Crippen LogP contribution in [0.15, 0.2) is 41.3 Å². The second-order valence-corrected chi connectivity index (χ2v) is 7.24. The van der Waals surface area contributed by atoms with E-state index in [9.17, 15) is 18.0 Å². The van der Waals surface area contributed by atoms with Gasteiger partial charge in [-0.3, -0.25) is 15.0 Å². The van der Waals surface area contributed by atoms with Gasteiger partial charge in [0.15, 0.2) is 17.3 Å². The van der Waals surface area contributed by atoms with Gasteiger partial charge >= 0.3 is 0 Å². The summed E-state index contributed by atoms with van der Waals surface area (Å²) in [4.78, 5) is 25.5. The van der Waals surface area contributed by atoms with Crippen molar-refractivity contribution in [2.45, 2.75) is 11.8 Å². The van der Waals surface area contributed by atoms with Crippen LogP contribution in [0.2, 0.25) is 0 Å². The molecule has 0 saturated carbocycles. The molecule has 0 saturated heterocycles. The second kappa shape index (κ2) is 8.72. The first-order valence-electron chi connectivity index (χ1n) is 7.96. The van der Waals surface area contributed by atoms with E-state index in [-0.39, 0.29) is 27.7 Å². The molecule has 0 unspecified atom stereocenters. The van der Waals surface area contributed by atoms with Gasteiger partial charge in [-0.2, -0.15) is 0 Å². The van der Waals surface area contributed by atoms with E-state index in [0.717, 1.165) is 0 Å². The summed E-state index contributed by atoms with van der Waals surface area (Å²) in [5.74, 6) is -0.132. The van der Waals surface area contributed by atoms with Crippen molar-refractivity contribution in [2.24, 2.45) is 0 Å². The minimum absolute atomic E-state index is 0.0872. The average molecular weight is 408 g/mol. The maximum atomic E-state index is 12.4. The number of hydrogen-bond acceptors (Lipinski definition) is 7. The van der Waals surface area contributed by atoms with Gasteiger partial charge in [-0.1, -0.05) is 12.1 Å². The Labute approximate surface area is 162 Å². The number of hydrazine groups is 1. The van der Waals surface area contributed by atoms with Crippen LogP contribution < -0.4 is 24.5 Å². The summed E-state index contributed by atoms with van der Waals surface area (Å²) in [7, 11) is 0.182. The van der Waals surface area contributed by atoms with Crippen LogP contribution in [0.1, 0.15) is 27.6 Å². The Morgan fingerprint density at radius 3 is 1.82 bits per heavy atom. The van der Waals surface area contributed by atoms with Crippen LogP contribution in [0.5, 0.6) is 17.2 Å². The highest BCUT2D eigenvalue weighted by Crippen LogP contribution is 2.38. The fourth-order valence-electron chi connectivity index (χ4n) is 2.33. The molecular weight excluding hydrogens is 388 g/mol. The molecule has 2 rings (SSSR count). The van der Waals surface area contributed by atoms with Crippen molar-refractivity contribution >= 4 is 21.7 Å². The molecule has 2 aromatic rings. The molecule has 0 bridgehead atoms. The zero-order valence-electron chi connectivity index (χ0n) is 15.7. The summed E-state index contributed by atoms with van der Waals surface area (Å²) in [6.45, 7) is 1.37. The van der Waals surface area contributed by atoms with Crippen LogP contribution in [-0.4, -0.2) is 41.4 Å². The molecule has 0 aliphatic heterocycles. The summed E-state index contributed by atoms with van der Waals surface area (Å²) >= 11 is 0. The minimum Gasteiger partial charge on any atom is -0.493 e. The molecule has 0 aromatic heterocycles. The summed E-state index contributed by atoms with van der Waals surface area (Å²) in [6, 6.07) is 8.07. The van der Waals surface area contributed by atoms with E-state index >= 15 is 0 Å². The van der Waals surface area contributed by atoms with Crippen LogP contribution in [0, 0.1) is 0 Å². The summed E-state index contributed by atoms with van der Waals surface area (Å²) in [5.41, 5.74) is 2.58. The Kier molecular flexibility index (Phi) is 6.60. The molecular formula is C18H20N2O7S. The molecule has 10 heteroatoms. The van der Waals surface area contributed by atoms with Gasteiger partial charge < -0.3 is 14.2 Å². The Bertz CT molecular complexity index is 960. The predicted molar refractivity (Wildman–Crippen MR) is 100 cm³/mol. The van der Waals surface area contributed by atoms with Gasteiger partial charge in [0.25, 0.3) is 15.9 Å². The van der Waals surface area contributed by atoms with Crippen LogP contribution >= 0.6 is 0 Å². The first-order chi connectivity index (χ1) is 13.2. The van der Waals surface area contributed by atoms with Crippen molar-refractivity contribution in [3.05, 3.63) is 47.5 Å². The number of ether oxygens (including phenoxy) is 3. The van der Waals surface area contributed by atoms with Gasteiger partial charge in [-0.25, -0.2) is 8.42 Å². The Hall–Kier alpha value is -3.11. The SMILES string of the molecule is COc1cc(C(=O)NNS(=O)(=O)c2ccc(C(C)=O)cc2)cc(OC)c1OC. The lowest BCUT2D eigenvalue weighted by Crippen LogP contribution is -2.41. The highest BCUT2D eigenvalue weighted by atomic mass is 32.2. The number of Topliss-reactive ketones (excluding diaryl/α,β-unsaturated/α-hetero) is 1. The molecule has 0 aliphatic carbocycles. The molecule has 9 nitrogen and oxygen atoms in total. The number of ketones is 1. The average Bonchev–Trinajstić information content (AvgIpc) is 2.70. The number of benzene rings is 2. The summed E-state index contributed by atoms with van der Waals surface area (Å²) in [6.07, 6.45) is 0. The quantitative estimate of drug-likeness (QED) is 0.502. The van der Waals surface area contributed by atoms with E-state index in [4.69, 9.17) is 14.2 Å². The summed E-state index contributed by atoms with van der Waals surface area (Å²) < 4.78 is 40.1. The normalized spacial score (nSPS) is 10.9. The molecule has 150 valence electrons. The number of rotatable bonds is 8. The maximum Gasteiger partial charge on any atom is 0.266 e. The van der Waals surface area contributed by atoms with Crippen molar-refractivity contribution in [3.63, 3.8) is 0 Å². The van der Waals surface area contributed by atoms with E-state index in [1.54, 1.807) is 0 Å². The third-order valence-corrected chi connectivity index (χ3v) is 5.06. The van der Waals surface area contributed by atoms with Crippen molar-refractivity contribution in [1.82, 2.24) is 10.3 Å². The molecule has 2 aromatic carbocycles. The van der Waals surface area contributed by atoms with Gasteiger partial charge in [-0.15, -0.1) is 4.83 Å². The topological polar surface area (TPSA) is 120 Å². The number of carbonyl (C=O) groups is 2. The molecule has 0 fully saturated rings. The van der Waals surface area contributed by atoms with Gasteiger partial charge in [0, 0.05) is 11.1 Å². The molecule has 1 amide bonds. The van der Waals surface area contributed by atoms with Gasteiger partial charge in [0.1, 0.15) is 0 Å². The first-order valence-corrected chi connectivity index (χ1v) is 9.45. The Morgan fingerprint density at radius 2 is 1.39 bits per heavy atom. The van der Waals surface area contributed by atoms with Gasteiger partial charge in [0.05, 0.1) is 26.2 Å². The molecule has 0 atom stereocenters. The van der Waals surface area contributed by atoms with Crippen molar-refractivity contribution < 1.29 is 32.2 Å². The van der Waals surface area contributed by atoms with Crippen LogP contribution in [0.25, 0.3) is 0 Å². The molecule has 0 aliphatic rings. The molecule has 2 N–H and O–H groups in total. The third kappa shape index (κ3) is 4.59. The number of nitrogens with one attached hydrogen (secondary N) is 2. The summed E-state index contributed by atoms with van der Waals surface area (Å²) in [5, 5.41) is 0. The number of carbonyl (C=O) groups excluding carboxylic acids is 2. The number of methoxy groups -OCH3 is 3. The highest BCUT2D eigenvalue weighted by molar-refractivity contribution is 7.89. The van der Waals surface area contributed by atoms with E-state index < -0.39 is 15.9 Å². The highest BCUT2D eigenvalue weighted by Gasteiger charge is 2.19. The van der Waals surface area contributed by atoms with Crippen molar-refractivity contribution in [2.75, 3.05) is 21.3 Å². The van der Waals surface area contributed by atoms with Crippen LogP contribution in [0.3, 0.4) is 0 Å². The lowest BCUT2D eigenvalue weighted by molar-refractivity contribution is 0.0943. The fraction of sp³-hybridized carbons (Fsp3) is 0.222. The standard InChI is InChI=1S/C18H20N2O7S/c1-11(21)12-5-7-14(8-6-12)28(23,24)20-19-18(22)13-9-15(25-2)17(27-4)16(10-13)26-3/h5-10,20H,1-4H3,(H,19,22). The van der Waals surface area contributed by atoms with E-state index in [0.29, 0.717) is 11.3 Å². The van der Waals surface area contributed by atoms with E-state index in [1.807, 2.05) is 4.83 Å². The Morgan fingerprint density at radius 1 is 0.857 bits per heavy atom. The van der Waals surface area contributed by atoms with Crippen LogP contribution in [0.4, 0.5) is 0 Å². The van der Waals surface area contributed by atoms with Gasteiger partial charge in [-0.05, 0) is 31.2 Å².